The minimum Gasteiger partial charge on any atom is -0.452 e. The Morgan fingerprint density at radius 1 is 1.00 bits per heavy atom. The molecule has 2 aromatic carbocycles. The van der Waals surface area contributed by atoms with Crippen molar-refractivity contribution in [2.75, 3.05) is 11.5 Å². The smallest absolute Gasteiger partial charge is 0.338 e. The van der Waals surface area contributed by atoms with Gasteiger partial charge in [-0.15, -0.1) is 0 Å². The van der Waals surface area contributed by atoms with Crippen molar-refractivity contribution in [1.29, 1.82) is 0 Å². The first kappa shape index (κ1) is 20.3. The van der Waals surface area contributed by atoms with Crippen molar-refractivity contribution >= 4 is 29.4 Å². The lowest BCUT2D eigenvalue weighted by atomic mass is 10.1. The Hall–Kier alpha value is -3.48. The minimum atomic E-state index is -0.739. The van der Waals surface area contributed by atoms with E-state index in [1.807, 2.05) is 26.0 Å². The molecule has 0 unspecified atom stereocenters. The van der Waals surface area contributed by atoms with Crippen LogP contribution in [-0.4, -0.2) is 36.3 Å². The van der Waals surface area contributed by atoms with Gasteiger partial charge < -0.3 is 10.1 Å². The average Bonchev–Trinajstić information content (AvgIpc) is 2.91. The van der Waals surface area contributed by atoms with Crippen LogP contribution in [0.25, 0.3) is 0 Å². The molecule has 7 heteroatoms. The van der Waals surface area contributed by atoms with Gasteiger partial charge in [0.2, 0.25) is 0 Å². The van der Waals surface area contributed by atoms with Crippen LogP contribution in [0.5, 0.6) is 0 Å². The predicted molar refractivity (Wildman–Crippen MR) is 107 cm³/mol. The van der Waals surface area contributed by atoms with Gasteiger partial charge in [0, 0.05) is 6.04 Å². The molecule has 1 N–H and O–H groups in total. The average molecular weight is 394 g/mol. The number of esters is 1. The Bertz CT molecular complexity index is 1030. The number of ether oxygens (including phenoxy) is 1. The molecule has 0 aliphatic carbocycles. The quantitative estimate of drug-likeness (QED) is 0.622. The second-order valence-electron chi connectivity index (χ2n) is 7.29. The van der Waals surface area contributed by atoms with E-state index in [1.165, 1.54) is 18.2 Å². The third-order valence-electron chi connectivity index (χ3n) is 4.51. The molecule has 7 nitrogen and oxygen atoms in total. The van der Waals surface area contributed by atoms with Crippen LogP contribution >= 0.6 is 0 Å². The molecule has 0 saturated carbocycles. The number of carbonyl (C=O) groups excluding carboxylic acids is 4. The fourth-order valence-corrected chi connectivity index (χ4v) is 3.12. The Labute approximate surface area is 168 Å². The highest BCUT2D eigenvalue weighted by atomic mass is 16.5. The van der Waals surface area contributed by atoms with Crippen molar-refractivity contribution in [3.63, 3.8) is 0 Å². The van der Waals surface area contributed by atoms with E-state index in [1.54, 1.807) is 19.9 Å². The maximum Gasteiger partial charge on any atom is 0.338 e. The van der Waals surface area contributed by atoms with E-state index in [9.17, 15) is 19.2 Å². The number of benzene rings is 2. The van der Waals surface area contributed by atoms with Gasteiger partial charge in [-0.3, -0.25) is 14.4 Å². The van der Waals surface area contributed by atoms with E-state index in [-0.39, 0.29) is 22.7 Å². The van der Waals surface area contributed by atoms with E-state index in [0.29, 0.717) is 5.69 Å². The lowest BCUT2D eigenvalue weighted by Crippen LogP contribution is -2.34. The fraction of sp³-hybridized carbons (Fsp3) is 0.273. The van der Waals surface area contributed by atoms with E-state index < -0.39 is 30.3 Å². The summed E-state index contributed by atoms with van der Waals surface area (Å²) in [6.07, 6.45) is 0. The van der Waals surface area contributed by atoms with Crippen LogP contribution in [0.1, 0.15) is 56.0 Å². The third kappa shape index (κ3) is 4.03. The number of hydrogen-bond donors (Lipinski definition) is 1. The Kier molecular flexibility index (Phi) is 5.50. The molecule has 29 heavy (non-hydrogen) atoms. The highest BCUT2D eigenvalue weighted by Gasteiger charge is 2.38. The molecule has 1 aliphatic rings. The normalized spacial score (nSPS) is 12.9. The fourth-order valence-electron chi connectivity index (χ4n) is 3.12. The zero-order chi connectivity index (χ0) is 21.3. The van der Waals surface area contributed by atoms with Crippen molar-refractivity contribution in [3.8, 4) is 0 Å². The van der Waals surface area contributed by atoms with E-state index in [4.69, 9.17) is 4.74 Å². The highest BCUT2D eigenvalue weighted by Crippen LogP contribution is 2.31. The third-order valence-corrected chi connectivity index (χ3v) is 4.51. The first-order valence-corrected chi connectivity index (χ1v) is 9.25. The lowest BCUT2D eigenvalue weighted by Gasteiger charge is -2.17. The summed E-state index contributed by atoms with van der Waals surface area (Å²) in [5.41, 5.74) is 2.70. The molecule has 1 aliphatic heterocycles. The highest BCUT2D eigenvalue weighted by molar-refractivity contribution is 6.35. The van der Waals surface area contributed by atoms with Crippen LogP contribution in [0.2, 0.25) is 0 Å². The maximum absolute atomic E-state index is 12.9. The maximum atomic E-state index is 12.9. The second kappa shape index (κ2) is 7.87. The van der Waals surface area contributed by atoms with Crippen molar-refractivity contribution in [2.45, 2.75) is 33.7 Å². The number of fused-ring (bicyclic) bond motifs is 1. The second-order valence-corrected chi connectivity index (χ2v) is 7.29. The summed E-state index contributed by atoms with van der Waals surface area (Å²) < 4.78 is 5.00. The molecule has 3 amide bonds. The van der Waals surface area contributed by atoms with Crippen molar-refractivity contribution in [2.24, 2.45) is 0 Å². The molecule has 0 bridgehead atoms. The molecular weight excluding hydrogens is 372 g/mol. The van der Waals surface area contributed by atoms with Gasteiger partial charge >= 0.3 is 5.97 Å². The minimum absolute atomic E-state index is 0.0686. The summed E-state index contributed by atoms with van der Waals surface area (Å²) in [6.45, 7) is 6.87. The number of aryl methyl sites for hydroxylation is 2. The van der Waals surface area contributed by atoms with E-state index in [2.05, 4.69) is 5.32 Å². The van der Waals surface area contributed by atoms with Crippen molar-refractivity contribution < 1.29 is 23.9 Å². The topological polar surface area (TPSA) is 92.8 Å². The Balaban J connectivity index is 1.83. The van der Waals surface area contributed by atoms with Gasteiger partial charge in [-0.25, -0.2) is 9.69 Å². The zero-order valence-corrected chi connectivity index (χ0v) is 16.7. The SMILES string of the molecule is Cc1ccc(C)c(N2C(=O)c3ccc(C(=O)OCC(=O)NC(C)C)cc3C2=O)c1. The molecule has 0 radical (unpaired) electrons. The Morgan fingerprint density at radius 3 is 2.38 bits per heavy atom. The first-order valence-electron chi connectivity index (χ1n) is 9.25. The number of carbonyl (C=O) groups is 4. The van der Waals surface area contributed by atoms with E-state index in [0.717, 1.165) is 16.0 Å². The summed E-state index contributed by atoms with van der Waals surface area (Å²) in [5.74, 6) is -2.08. The first-order chi connectivity index (χ1) is 13.7. The number of anilines is 1. The van der Waals surface area contributed by atoms with Crippen LogP contribution in [0, 0.1) is 13.8 Å². The summed E-state index contributed by atoms with van der Waals surface area (Å²) in [7, 11) is 0. The molecule has 3 rings (SSSR count). The summed E-state index contributed by atoms with van der Waals surface area (Å²) >= 11 is 0. The molecule has 1 heterocycles. The molecule has 0 saturated heterocycles. The molecule has 0 atom stereocenters. The molecule has 150 valence electrons. The molecule has 2 aromatic rings. The van der Waals surface area contributed by atoms with Gasteiger partial charge in [0.15, 0.2) is 6.61 Å². The van der Waals surface area contributed by atoms with Crippen LogP contribution in [-0.2, 0) is 9.53 Å². The standard InChI is InChI=1S/C22H22N2O5/c1-12(2)23-19(25)11-29-22(28)15-7-8-16-17(10-15)21(27)24(20(16)26)18-9-13(3)5-6-14(18)4/h5-10,12H,11H2,1-4H3,(H,23,25). The van der Waals surface area contributed by atoms with E-state index >= 15 is 0 Å². The van der Waals surface area contributed by atoms with Crippen molar-refractivity contribution in [3.05, 3.63) is 64.2 Å². The molecular formula is C22H22N2O5. The van der Waals surface area contributed by atoms with Gasteiger partial charge in [0.05, 0.1) is 22.4 Å². The van der Waals surface area contributed by atoms with Gasteiger partial charge in [0.1, 0.15) is 0 Å². The van der Waals surface area contributed by atoms with Gasteiger partial charge in [0.25, 0.3) is 17.7 Å². The number of nitrogens with zero attached hydrogens (tertiary/aromatic N) is 1. The van der Waals surface area contributed by atoms with Gasteiger partial charge in [-0.1, -0.05) is 12.1 Å². The number of rotatable bonds is 5. The van der Waals surface area contributed by atoms with Crippen LogP contribution in [0.15, 0.2) is 36.4 Å². The van der Waals surface area contributed by atoms with Crippen LogP contribution in [0.4, 0.5) is 5.69 Å². The number of imide groups is 1. The number of amides is 3. The van der Waals surface area contributed by atoms with Gasteiger partial charge in [-0.2, -0.15) is 0 Å². The van der Waals surface area contributed by atoms with Gasteiger partial charge in [-0.05, 0) is 63.1 Å². The van der Waals surface area contributed by atoms with Crippen LogP contribution < -0.4 is 10.2 Å². The zero-order valence-electron chi connectivity index (χ0n) is 16.7. The Morgan fingerprint density at radius 2 is 1.69 bits per heavy atom. The summed E-state index contributed by atoms with van der Waals surface area (Å²) in [4.78, 5) is 50.7. The van der Waals surface area contributed by atoms with Crippen molar-refractivity contribution in [1.82, 2.24) is 5.32 Å². The predicted octanol–water partition coefficient (Wildman–Crippen LogP) is 2.79. The lowest BCUT2D eigenvalue weighted by molar-refractivity contribution is -0.124. The summed E-state index contributed by atoms with van der Waals surface area (Å²) in [6, 6.07) is 9.65. The molecule has 0 fully saturated rings. The number of nitrogens with one attached hydrogen (secondary N) is 1. The molecule has 0 spiro atoms. The molecule has 0 aromatic heterocycles. The monoisotopic (exact) mass is 394 g/mol. The summed E-state index contributed by atoms with van der Waals surface area (Å²) in [5, 5.41) is 2.62. The van der Waals surface area contributed by atoms with Crippen LogP contribution in [0.3, 0.4) is 0 Å². The largest absolute Gasteiger partial charge is 0.452 e. The number of hydrogen-bond acceptors (Lipinski definition) is 5.